The van der Waals surface area contributed by atoms with Gasteiger partial charge < -0.3 is 14.8 Å². The standard InChI is InChI=1S/C21H36N4O6/c1-14(26)23-24-16(28)8-9-20(7)22-17(29)21(31-20)12-18(3,4)25(19(5,6)13-21)10-11-30-15(2)27/h8-13H2,1-7H3,(H,22,29)(H,23,26)(H,24,28). The number of carbonyl (C=O) groups is 4. The number of hydrogen-bond donors (Lipinski definition) is 3. The van der Waals surface area contributed by atoms with E-state index < -0.39 is 22.4 Å². The first-order chi connectivity index (χ1) is 14.1. The molecule has 2 heterocycles. The Hall–Kier alpha value is -2.20. The summed E-state index contributed by atoms with van der Waals surface area (Å²) in [6, 6.07) is 0. The van der Waals surface area contributed by atoms with Gasteiger partial charge in [-0.25, -0.2) is 0 Å². The van der Waals surface area contributed by atoms with Gasteiger partial charge in [0.2, 0.25) is 11.8 Å². The number of carbonyl (C=O) groups excluding carboxylic acids is 4. The molecule has 31 heavy (non-hydrogen) atoms. The quantitative estimate of drug-likeness (QED) is 0.411. The van der Waals surface area contributed by atoms with Crippen molar-refractivity contribution in [2.75, 3.05) is 13.2 Å². The van der Waals surface area contributed by atoms with Crippen molar-refractivity contribution in [1.29, 1.82) is 0 Å². The molecule has 10 nitrogen and oxygen atoms in total. The topological polar surface area (TPSA) is 126 Å². The van der Waals surface area contributed by atoms with Crippen molar-refractivity contribution in [2.45, 2.75) is 96.6 Å². The van der Waals surface area contributed by atoms with Crippen LogP contribution in [0.15, 0.2) is 0 Å². The van der Waals surface area contributed by atoms with Crippen molar-refractivity contribution >= 4 is 23.7 Å². The van der Waals surface area contributed by atoms with E-state index in [9.17, 15) is 19.2 Å². The van der Waals surface area contributed by atoms with E-state index >= 15 is 0 Å². The summed E-state index contributed by atoms with van der Waals surface area (Å²) in [6.07, 6.45) is 1.27. The lowest BCUT2D eigenvalue weighted by Crippen LogP contribution is -2.67. The third kappa shape index (κ3) is 5.94. The summed E-state index contributed by atoms with van der Waals surface area (Å²) in [6.45, 7) is 13.5. The van der Waals surface area contributed by atoms with Gasteiger partial charge in [-0.3, -0.25) is 34.9 Å². The van der Waals surface area contributed by atoms with E-state index in [4.69, 9.17) is 9.47 Å². The van der Waals surface area contributed by atoms with Crippen LogP contribution >= 0.6 is 0 Å². The number of piperidine rings is 1. The maximum absolute atomic E-state index is 13.1. The average Bonchev–Trinajstić information content (AvgIpc) is 2.82. The minimum absolute atomic E-state index is 0.0778. The van der Waals surface area contributed by atoms with Crippen molar-refractivity contribution in [3.05, 3.63) is 0 Å². The molecule has 0 aliphatic carbocycles. The normalized spacial score (nSPS) is 26.2. The van der Waals surface area contributed by atoms with Gasteiger partial charge in [0.15, 0.2) is 5.60 Å². The summed E-state index contributed by atoms with van der Waals surface area (Å²) >= 11 is 0. The Morgan fingerprint density at radius 2 is 1.65 bits per heavy atom. The van der Waals surface area contributed by atoms with Crippen molar-refractivity contribution in [2.24, 2.45) is 0 Å². The lowest BCUT2D eigenvalue weighted by molar-refractivity contribution is -0.188. The van der Waals surface area contributed by atoms with Gasteiger partial charge in [-0.05, 0) is 34.6 Å². The van der Waals surface area contributed by atoms with Crippen LogP contribution < -0.4 is 16.2 Å². The highest BCUT2D eigenvalue weighted by Gasteiger charge is 2.62. The molecule has 0 aromatic rings. The molecule has 1 unspecified atom stereocenters. The largest absolute Gasteiger partial charge is 0.465 e. The van der Waals surface area contributed by atoms with Crippen LogP contribution in [0.2, 0.25) is 0 Å². The number of rotatable bonds is 6. The first-order valence-electron chi connectivity index (χ1n) is 10.6. The van der Waals surface area contributed by atoms with Crippen LogP contribution in [0.25, 0.3) is 0 Å². The number of amides is 3. The molecule has 0 radical (unpaired) electrons. The van der Waals surface area contributed by atoms with Crippen LogP contribution in [0.5, 0.6) is 0 Å². The van der Waals surface area contributed by atoms with Crippen LogP contribution in [0.4, 0.5) is 0 Å². The zero-order chi connectivity index (χ0) is 23.7. The van der Waals surface area contributed by atoms with Gasteiger partial charge in [0.05, 0.1) is 0 Å². The van der Waals surface area contributed by atoms with Gasteiger partial charge in [0.25, 0.3) is 5.91 Å². The number of likely N-dealkylation sites (tertiary alicyclic amines) is 1. The Balaban J connectivity index is 2.10. The van der Waals surface area contributed by atoms with E-state index in [2.05, 4.69) is 48.8 Å². The minimum Gasteiger partial charge on any atom is -0.465 e. The van der Waals surface area contributed by atoms with Crippen molar-refractivity contribution in [1.82, 2.24) is 21.1 Å². The zero-order valence-electron chi connectivity index (χ0n) is 19.6. The van der Waals surface area contributed by atoms with Gasteiger partial charge in [0, 0.05) is 57.2 Å². The summed E-state index contributed by atoms with van der Waals surface area (Å²) < 4.78 is 11.5. The highest BCUT2D eigenvalue weighted by molar-refractivity contribution is 5.88. The molecule has 3 N–H and O–H groups in total. The third-order valence-corrected chi connectivity index (χ3v) is 5.94. The maximum Gasteiger partial charge on any atom is 0.302 e. The van der Waals surface area contributed by atoms with Crippen molar-refractivity contribution in [3.8, 4) is 0 Å². The Kier molecular flexibility index (Phi) is 7.07. The summed E-state index contributed by atoms with van der Waals surface area (Å²) in [5, 5.41) is 2.94. The second kappa shape index (κ2) is 8.74. The van der Waals surface area contributed by atoms with Crippen LogP contribution in [-0.4, -0.2) is 64.1 Å². The Morgan fingerprint density at radius 1 is 1.06 bits per heavy atom. The van der Waals surface area contributed by atoms with Gasteiger partial charge in [-0.15, -0.1) is 0 Å². The van der Waals surface area contributed by atoms with E-state index in [1.54, 1.807) is 6.92 Å². The van der Waals surface area contributed by atoms with Gasteiger partial charge in [0.1, 0.15) is 12.3 Å². The van der Waals surface area contributed by atoms with Crippen LogP contribution in [0.3, 0.4) is 0 Å². The SMILES string of the molecule is CC(=O)NNC(=O)CCC1(C)NC(=O)C2(CC(C)(C)N(CCOC(C)=O)C(C)(C)C2)O1. The second-order valence-corrected chi connectivity index (χ2v) is 9.98. The first kappa shape index (κ1) is 25.1. The fraction of sp³-hybridized carbons (Fsp3) is 0.810. The molecular weight excluding hydrogens is 404 g/mol. The highest BCUT2D eigenvalue weighted by atomic mass is 16.6. The molecule has 2 rings (SSSR count). The predicted molar refractivity (Wildman–Crippen MR) is 112 cm³/mol. The van der Waals surface area contributed by atoms with E-state index in [0.717, 1.165) is 0 Å². The van der Waals surface area contributed by atoms with Crippen LogP contribution in [-0.2, 0) is 28.7 Å². The molecule has 0 aromatic carbocycles. The summed E-state index contributed by atoms with van der Waals surface area (Å²) in [4.78, 5) is 49.4. The number of nitrogens with one attached hydrogen (secondary N) is 3. The van der Waals surface area contributed by atoms with E-state index in [0.29, 0.717) is 19.4 Å². The van der Waals surface area contributed by atoms with Gasteiger partial charge in [-0.2, -0.15) is 0 Å². The number of esters is 1. The Labute approximate surface area is 183 Å². The molecule has 0 saturated carbocycles. The number of hydrogen-bond acceptors (Lipinski definition) is 7. The second-order valence-electron chi connectivity index (χ2n) is 9.98. The third-order valence-electron chi connectivity index (χ3n) is 5.94. The van der Waals surface area contributed by atoms with Crippen LogP contribution in [0.1, 0.15) is 74.1 Å². The van der Waals surface area contributed by atoms with E-state index in [1.807, 2.05) is 0 Å². The number of ether oxygens (including phenoxy) is 2. The number of hydrazine groups is 1. The molecular formula is C21H36N4O6. The molecule has 2 fully saturated rings. The smallest absolute Gasteiger partial charge is 0.302 e. The average molecular weight is 441 g/mol. The molecule has 2 saturated heterocycles. The highest BCUT2D eigenvalue weighted by Crippen LogP contribution is 2.49. The molecule has 0 aromatic heterocycles. The fourth-order valence-corrected chi connectivity index (χ4v) is 5.13. The van der Waals surface area contributed by atoms with Gasteiger partial charge >= 0.3 is 5.97 Å². The Morgan fingerprint density at radius 3 is 2.16 bits per heavy atom. The molecule has 3 amide bonds. The molecule has 1 atom stereocenters. The molecule has 176 valence electrons. The van der Waals surface area contributed by atoms with E-state index in [1.165, 1.54) is 13.8 Å². The van der Waals surface area contributed by atoms with Crippen molar-refractivity contribution in [3.63, 3.8) is 0 Å². The summed E-state index contributed by atoms with van der Waals surface area (Å²) in [5.74, 6) is -1.23. The first-order valence-corrected chi connectivity index (χ1v) is 10.6. The van der Waals surface area contributed by atoms with Crippen LogP contribution in [0, 0.1) is 0 Å². The molecule has 0 bridgehead atoms. The molecule has 2 aliphatic heterocycles. The molecule has 1 spiro atoms. The maximum atomic E-state index is 13.1. The minimum atomic E-state index is -1.02. The lowest BCUT2D eigenvalue weighted by Gasteiger charge is -2.57. The predicted octanol–water partition coefficient (Wildman–Crippen LogP) is 0.751. The summed E-state index contributed by atoms with van der Waals surface area (Å²) in [5.41, 5.74) is 1.76. The van der Waals surface area contributed by atoms with E-state index in [-0.39, 0.29) is 43.1 Å². The summed E-state index contributed by atoms with van der Waals surface area (Å²) in [7, 11) is 0. The lowest BCUT2D eigenvalue weighted by atomic mass is 9.70. The van der Waals surface area contributed by atoms with Gasteiger partial charge in [-0.1, -0.05) is 0 Å². The zero-order valence-corrected chi connectivity index (χ0v) is 19.6. The number of nitrogens with zero attached hydrogens (tertiary/aromatic N) is 1. The fourth-order valence-electron chi connectivity index (χ4n) is 5.13. The van der Waals surface area contributed by atoms with Crippen molar-refractivity contribution < 1.29 is 28.7 Å². The Bertz CT molecular complexity index is 732. The molecule has 2 aliphatic rings. The molecule has 10 heteroatoms. The monoisotopic (exact) mass is 440 g/mol.